The third-order valence-electron chi connectivity index (χ3n) is 4.43. The van der Waals surface area contributed by atoms with Crippen LogP contribution in [-0.4, -0.2) is 35.2 Å². The van der Waals surface area contributed by atoms with Crippen LogP contribution in [0.25, 0.3) is 0 Å². The Kier molecular flexibility index (Phi) is 7.67. The van der Waals surface area contributed by atoms with Crippen molar-refractivity contribution in [3.63, 3.8) is 0 Å². The maximum absolute atomic E-state index is 12.6. The zero-order chi connectivity index (χ0) is 24.7. The number of esters is 1. The lowest BCUT2D eigenvalue weighted by Crippen LogP contribution is -2.34. The van der Waals surface area contributed by atoms with Gasteiger partial charge in [-0.1, -0.05) is 41.9 Å². The van der Waals surface area contributed by atoms with Crippen LogP contribution < -0.4 is 10.6 Å². The molecule has 0 heterocycles. The highest BCUT2D eigenvalue weighted by Crippen LogP contribution is 2.24. The predicted octanol–water partition coefficient (Wildman–Crippen LogP) is 3.61. The molecule has 0 aromatic heterocycles. The predicted molar refractivity (Wildman–Crippen MR) is 122 cm³/mol. The van der Waals surface area contributed by atoms with Gasteiger partial charge in [0, 0.05) is 17.7 Å². The van der Waals surface area contributed by atoms with Gasteiger partial charge in [-0.2, -0.15) is 0 Å². The summed E-state index contributed by atoms with van der Waals surface area (Å²) in [7, 11) is 0. The number of imide groups is 1. The summed E-state index contributed by atoms with van der Waals surface area (Å²) in [5.74, 6) is -3.12. The zero-order valence-electron chi connectivity index (χ0n) is 17.3. The van der Waals surface area contributed by atoms with Crippen molar-refractivity contribution in [2.45, 2.75) is 0 Å². The Balaban J connectivity index is 1.64. The molecule has 11 heteroatoms. The molecule has 0 aliphatic carbocycles. The lowest BCUT2D eigenvalue weighted by molar-refractivity contribution is -0.384. The topological polar surface area (TPSA) is 145 Å². The van der Waals surface area contributed by atoms with Crippen molar-refractivity contribution in [3.05, 3.63) is 105 Å². The van der Waals surface area contributed by atoms with Gasteiger partial charge in [0.1, 0.15) is 0 Å². The van der Waals surface area contributed by atoms with Crippen molar-refractivity contribution >= 4 is 46.7 Å². The van der Waals surface area contributed by atoms with Crippen LogP contribution in [0.3, 0.4) is 0 Å². The Labute approximate surface area is 197 Å². The lowest BCUT2D eigenvalue weighted by atomic mass is 10.1. The standard InChI is InChI=1S/C23H16ClN3O7/c24-18-12-15(27(32)33)10-11-16(18)22(30)25-19-9-5-4-8-17(19)23(31)34-13-20(28)26-21(29)14-6-2-1-3-7-14/h1-12H,13H2,(H,25,30)(H,26,28,29). The van der Waals surface area contributed by atoms with Gasteiger partial charge in [0.15, 0.2) is 6.61 Å². The van der Waals surface area contributed by atoms with Crippen molar-refractivity contribution in [3.8, 4) is 0 Å². The number of benzene rings is 3. The van der Waals surface area contributed by atoms with Gasteiger partial charge >= 0.3 is 5.97 Å². The highest BCUT2D eigenvalue weighted by Gasteiger charge is 2.20. The number of non-ortho nitro benzene ring substituents is 1. The van der Waals surface area contributed by atoms with E-state index >= 15 is 0 Å². The van der Waals surface area contributed by atoms with Crippen molar-refractivity contribution in [2.75, 3.05) is 11.9 Å². The second-order valence-electron chi connectivity index (χ2n) is 6.74. The smallest absolute Gasteiger partial charge is 0.340 e. The summed E-state index contributed by atoms with van der Waals surface area (Å²) in [5, 5.41) is 15.3. The molecule has 0 aliphatic rings. The number of halogens is 1. The molecule has 0 fully saturated rings. The molecule has 3 amide bonds. The van der Waals surface area contributed by atoms with Crippen LogP contribution in [0, 0.1) is 10.1 Å². The maximum atomic E-state index is 12.6. The average molecular weight is 482 g/mol. The first-order chi connectivity index (χ1) is 16.3. The number of ether oxygens (including phenoxy) is 1. The maximum Gasteiger partial charge on any atom is 0.340 e. The Morgan fingerprint density at radius 1 is 0.882 bits per heavy atom. The molecule has 0 radical (unpaired) electrons. The quantitative estimate of drug-likeness (QED) is 0.298. The normalized spacial score (nSPS) is 10.1. The van der Waals surface area contributed by atoms with Gasteiger partial charge in [-0.3, -0.25) is 29.8 Å². The van der Waals surface area contributed by atoms with E-state index in [9.17, 15) is 29.3 Å². The van der Waals surface area contributed by atoms with Crippen LogP contribution in [0.5, 0.6) is 0 Å². The molecule has 0 unspecified atom stereocenters. The van der Waals surface area contributed by atoms with Crippen LogP contribution >= 0.6 is 11.6 Å². The molecular formula is C23H16ClN3O7. The monoisotopic (exact) mass is 481 g/mol. The first-order valence-electron chi connectivity index (χ1n) is 9.67. The minimum atomic E-state index is -0.923. The molecule has 34 heavy (non-hydrogen) atoms. The molecule has 0 spiro atoms. The number of carbonyl (C=O) groups is 4. The second kappa shape index (κ2) is 10.8. The first-order valence-corrected chi connectivity index (χ1v) is 10.0. The summed E-state index contributed by atoms with van der Waals surface area (Å²) < 4.78 is 4.96. The van der Waals surface area contributed by atoms with E-state index in [4.69, 9.17) is 16.3 Å². The van der Waals surface area contributed by atoms with E-state index in [2.05, 4.69) is 10.6 Å². The molecule has 0 bridgehead atoms. The average Bonchev–Trinajstić information content (AvgIpc) is 2.83. The molecule has 0 atom stereocenters. The second-order valence-corrected chi connectivity index (χ2v) is 7.15. The number of nitro groups is 1. The third-order valence-corrected chi connectivity index (χ3v) is 4.74. The molecule has 172 valence electrons. The fourth-order valence-electron chi connectivity index (χ4n) is 2.79. The number of rotatable bonds is 7. The molecule has 2 N–H and O–H groups in total. The van der Waals surface area contributed by atoms with E-state index in [1.807, 2.05) is 0 Å². The van der Waals surface area contributed by atoms with Gasteiger partial charge in [-0.25, -0.2) is 4.79 Å². The molecule has 0 saturated heterocycles. The molecule has 10 nitrogen and oxygen atoms in total. The molecule has 0 saturated carbocycles. The third kappa shape index (κ3) is 6.02. The SMILES string of the molecule is O=C(COC(=O)c1ccccc1NC(=O)c1ccc([N+](=O)[O-])cc1Cl)NC(=O)c1ccccc1. The van der Waals surface area contributed by atoms with E-state index in [1.165, 1.54) is 36.4 Å². The van der Waals surface area contributed by atoms with Crippen LogP contribution in [0.1, 0.15) is 31.1 Å². The van der Waals surface area contributed by atoms with E-state index in [-0.39, 0.29) is 33.1 Å². The van der Waals surface area contributed by atoms with E-state index in [1.54, 1.807) is 24.3 Å². The molecule has 3 aromatic rings. The van der Waals surface area contributed by atoms with Gasteiger partial charge in [0.05, 0.1) is 26.8 Å². The Morgan fingerprint density at radius 3 is 2.24 bits per heavy atom. The first kappa shape index (κ1) is 24.1. The Bertz CT molecular complexity index is 1280. The van der Waals surface area contributed by atoms with Crippen LogP contribution in [0.15, 0.2) is 72.8 Å². The van der Waals surface area contributed by atoms with Gasteiger partial charge in [0.2, 0.25) is 0 Å². The summed E-state index contributed by atoms with van der Waals surface area (Å²) in [4.78, 5) is 59.2. The highest BCUT2D eigenvalue weighted by atomic mass is 35.5. The fraction of sp³-hybridized carbons (Fsp3) is 0.0435. The van der Waals surface area contributed by atoms with Crippen molar-refractivity contribution in [2.24, 2.45) is 0 Å². The number of carbonyl (C=O) groups excluding carboxylic acids is 4. The number of nitro benzene ring substituents is 1. The summed E-state index contributed by atoms with van der Waals surface area (Å²) >= 11 is 5.98. The number of amides is 3. The lowest BCUT2D eigenvalue weighted by Gasteiger charge is -2.11. The van der Waals surface area contributed by atoms with Crippen LogP contribution in [0.4, 0.5) is 11.4 Å². The number of nitrogens with one attached hydrogen (secondary N) is 2. The minimum Gasteiger partial charge on any atom is -0.452 e. The van der Waals surface area contributed by atoms with Gasteiger partial charge < -0.3 is 10.1 Å². The number of para-hydroxylation sites is 1. The van der Waals surface area contributed by atoms with Gasteiger partial charge in [0.25, 0.3) is 23.4 Å². The fourth-order valence-corrected chi connectivity index (χ4v) is 3.06. The van der Waals surface area contributed by atoms with Crippen molar-refractivity contribution in [1.29, 1.82) is 0 Å². The van der Waals surface area contributed by atoms with E-state index in [0.717, 1.165) is 12.1 Å². The van der Waals surface area contributed by atoms with Crippen LogP contribution in [-0.2, 0) is 9.53 Å². The highest BCUT2D eigenvalue weighted by molar-refractivity contribution is 6.34. The Morgan fingerprint density at radius 2 is 1.56 bits per heavy atom. The van der Waals surface area contributed by atoms with Gasteiger partial charge in [-0.15, -0.1) is 0 Å². The largest absolute Gasteiger partial charge is 0.452 e. The molecular weight excluding hydrogens is 466 g/mol. The number of hydrogen-bond donors (Lipinski definition) is 2. The van der Waals surface area contributed by atoms with E-state index < -0.39 is 35.2 Å². The van der Waals surface area contributed by atoms with Gasteiger partial charge in [-0.05, 0) is 30.3 Å². The number of hydrogen-bond acceptors (Lipinski definition) is 7. The minimum absolute atomic E-state index is 0.0470. The Hall–Kier alpha value is -4.57. The van der Waals surface area contributed by atoms with E-state index in [0.29, 0.717) is 0 Å². The van der Waals surface area contributed by atoms with Crippen molar-refractivity contribution in [1.82, 2.24) is 5.32 Å². The number of nitrogens with zero attached hydrogens (tertiary/aromatic N) is 1. The summed E-state index contributed by atoms with van der Waals surface area (Å²) in [5.41, 5.74) is -0.0623. The molecule has 3 aromatic carbocycles. The summed E-state index contributed by atoms with van der Waals surface area (Å²) in [6, 6.07) is 17.2. The molecule has 3 rings (SSSR count). The summed E-state index contributed by atoms with van der Waals surface area (Å²) in [6.45, 7) is -0.728. The zero-order valence-corrected chi connectivity index (χ0v) is 18.1. The molecule has 0 aliphatic heterocycles. The number of anilines is 1. The van der Waals surface area contributed by atoms with Crippen LogP contribution in [0.2, 0.25) is 5.02 Å². The summed E-state index contributed by atoms with van der Waals surface area (Å²) in [6.07, 6.45) is 0. The van der Waals surface area contributed by atoms with Crippen molar-refractivity contribution < 1.29 is 28.8 Å².